The molecule has 0 aromatic heterocycles. The summed E-state index contributed by atoms with van der Waals surface area (Å²) >= 11 is 0. The van der Waals surface area contributed by atoms with Gasteiger partial charge in [0.2, 0.25) is 0 Å². The first-order chi connectivity index (χ1) is 12.7. The Kier molecular flexibility index (Phi) is 6.68. The number of hydrogen-bond acceptors (Lipinski definition) is 4. The van der Waals surface area contributed by atoms with E-state index in [1.54, 1.807) is 25.7 Å². The molecule has 0 spiro atoms. The number of Topliss-reactive ketones (excluding diaryl/α,β-unsaturated/α-hetero) is 1. The first-order valence-corrected chi connectivity index (χ1v) is 9.74. The lowest BCUT2D eigenvalue weighted by Gasteiger charge is -2.29. The van der Waals surface area contributed by atoms with E-state index in [-0.39, 0.29) is 11.4 Å². The lowest BCUT2D eigenvalue weighted by Crippen LogP contribution is -2.33. The molecule has 0 saturated carbocycles. The van der Waals surface area contributed by atoms with Crippen LogP contribution in [0.3, 0.4) is 0 Å². The average molecular weight is 373 g/mol. The summed E-state index contributed by atoms with van der Waals surface area (Å²) < 4.78 is 5.72. The van der Waals surface area contributed by atoms with E-state index in [2.05, 4.69) is 0 Å². The van der Waals surface area contributed by atoms with E-state index < -0.39 is 23.1 Å². The fraction of sp³-hybridized carbons (Fsp3) is 0.545. The highest BCUT2D eigenvalue weighted by Crippen LogP contribution is 2.41. The lowest BCUT2D eigenvalue weighted by atomic mass is 9.82. The number of unbranched alkanes of at least 4 members (excludes halogenated alkanes) is 1. The van der Waals surface area contributed by atoms with Crippen LogP contribution in [0.4, 0.5) is 0 Å². The molecule has 0 aliphatic carbocycles. The molecular weight excluding hydrogens is 342 g/mol. The van der Waals surface area contributed by atoms with Crippen LogP contribution in [0, 0.1) is 5.41 Å². The third-order valence-corrected chi connectivity index (χ3v) is 4.63. The number of hydrogen-bond donors (Lipinski definition) is 1. The Labute approximate surface area is 162 Å². The summed E-state index contributed by atoms with van der Waals surface area (Å²) in [7, 11) is 0. The van der Waals surface area contributed by atoms with Gasteiger partial charge in [-0.05, 0) is 30.5 Å². The molecule has 1 aliphatic heterocycles. The Hall–Kier alpha value is -2.30. The van der Waals surface area contributed by atoms with Crippen molar-refractivity contribution < 1.29 is 19.4 Å². The van der Waals surface area contributed by atoms with Gasteiger partial charge in [-0.15, -0.1) is 0 Å². The van der Waals surface area contributed by atoms with Crippen LogP contribution >= 0.6 is 0 Å². The Morgan fingerprint density at radius 1 is 1.22 bits per heavy atom. The van der Waals surface area contributed by atoms with Crippen molar-refractivity contribution in [2.75, 3.05) is 13.2 Å². The zero-order valence-electron chi connectivity index (χ0n) is 17.0. The molecule has 1 aromatic rings. The quantitative estimate of drug-likeness (QED) is 0.724. The van der Waals surface area contributed by atoms with Gasteiger partial charge in [-0.2, -0.15) is 0 Å². The van der Waals surface area contributed by atoms with E-state index in [4.69, 9.17) is 4.74 Å². The second-order valence-corrected chi connectivity index (χ2v) is 8.02. The van der Waals surface area contributed by atoms with Gasteiger partial charge in [0.1, 0.15) is 5.75 Å². The predicted octanol–water partition coefficient (Wildman–Crippen LogP) is 4.59. The number of carbonyl (C=O) groups is 2. The largest absolute Gasteiger partial charge is 0.503 e. The average Bonchev–Trinajstić information content (AvgIpc) is 2.88. The molecule has 0 fully saturated rings. The van der Waals surface area contributed by atoms with Crippen molar-refractivity contribution in [3.63, 3.8) is 0 Å². The van der Waals surface area contributed by atoms with Gasteiger partial charge in [0, 0.05) is 12.0 Å². The maximum atomic E-state index is 13.1. The van der Waals surface area contributed by atoms with Crippen LogP contribution in [0.5, 0.6) is 5.75 Å². The van der Waals surface area contributed by atoms with Gasteiger partial charge >= 0.3 is 0 Å². The van der Waals surface area contributed by atoms with Crippen molar-refractivity contribution in [1.82, 2.24) is 4.90 Å². The summed E-state index contributed by atoms with van der Waals surface area (Å²) in [6, 6.07) is 6.88. The molecular formula is C22H31NO4. The van der Waals surface area contributed by atoms with Crippen molar-refractivity contribution in [2.24, 2.45) is 5.41 Å². The minimum atomic E-state index is -0.696. The maximum Gasteiger partial charge on any atom is 0.290 e. The Bertz CT molecular complexity index is 730. The molecule has 5 nitrogen and oxygen atoms in total. The summed E-state index contributed by atoms with van der Waals surface area (Å²) in [4.78, 5) is 27.4. The SMILES string of the molecule is CCCCN1C(=O)C(O)=C(C(=O)C(C)(C)C)C1c1cccc(OCCC)c1. The number of carbonyl (C=O) groups excluding carboxylic acids is 2. The lowest BCUT2D eigenvalue weighted by molar-refractivity contribution is -0.129. The summed E-state index contributed by atoms with van der Waals surface area (Å²) in [5.74, 6) is -0.403. The van der Waals surface area contributed by atoms with Gasteiger partial charge in [0.15, 0.2) is 11.5 Å². The molecule has 0 saturated heterocycles. The van der Waals surface area contributed by atoms with E-state index in [0.29, 0.717) is 18.9 Å². The van der Waals surface area contributed by atoms with Crippen molar-refractivity contribution in [1.29, 1.82) is 0 Å². The van der Waals surface area contributed by atoms with Gasteiger partial charge in [0.05, 0.1) is 18.2 Å². The molecule has 27 heavy (non-hydrogen) atoms. The molecule has 1 N–H and O–H groups in total. The second kappa shape index (κ2) is 8.59. The van der Waals surface area contributed by atoms with Crippen LogP contribution in [0.1, 0.15) is 65.5 Å². The standard InChI is InChI=1S/C22H31NO4/c1-6-8-12-23-18(15-10-9-11-16(14-15)27-13-7-2)17(19(24)21(23)26)20(25)22(3,4)5/h9-11,14,18,24H,6-8,12-13H2,1-5H3. The number of amides is 1. The minimum absolute atomic E-state index is 0.191. The molecule has 1 aromatic carbocycles. The monoisotopic (exact) mass is 373 g/mol. The first kappa shape index (κ1) is 21.0. The number of aliphatic hydroxyl groups excluding tert-OH is 1. The normalized spacial score (nSPS) is 17.6. The molecule has 1 unspecified atom stereocenters. The van der Waals surface area contributed by atoms with Crippen LogP contribution in [0.2, 0.25) is 0 Å². The molecule has 148 valence electrons. The van der Waals surface area contributed by atoms with E-state index in [1.165, 1.54) is 0 Å². The smallest absolute Gasteiger partial charge is 0.290 e. The zero-order chi connectivity index (χ0) is 20.2. The molecule has 0 radical (unpaired) electrons. The van der Waals surface area contributed by atoms with E-state index >= 15 is 0 Å². The minimum Gasteiger partial charge on any atom is -0.503 e. The van der Waals surface area contributed by atoms with Gasteiger partial charge in [-0.25, -0.2) is 0 Å². The van der Waals surface area contributed by atoms with Gasteiger partial charge < -0.3 is 14.7 Å². The molecule has 1 atom stereocenters. The molecule has 1 aliphatic rings. The van der Waals surface area contributed by atoms with Crippen molar-refractivity contribution >= 4 is 11.7 Å². The Morgan fingerprint density at radius 3 is 2.52 bits per heavy atom. The number of rotatable bonds is 8. The predicted molar refractivity (Wildman–Crippen MR) is 106 cm³/mol. The van der Waals surface area contributed by atoms with E-state index in [9.17, 15) is 14.7 Å². The van der Waals surface area contributed by atoms with Gasteiger partial charge in [-0.3, -0.25) is 9.59 Å². The topological polar surface area (TPSA) is 66.8 Å². The number of ether oxygens (including phenoxy) is 1. The Morgan fingerprint density at radius 2 is 1.93 bits per heavy atom. The summed E-state index contributed by atoms with van der Waals surface area (Å²) in [5, 5.41) is 10.5. The maximum absolute atomic E-state index is 13.1. The summed E-state index contributed by atoms with van der Waals surface area (Å²) in [6.07, 6.45) is 2.61. The van der Waals surface area contributed by atoms with Crippen LogP contribution in [-0.2, 0) is 9.59 Å². The van der Waals surface area contributed by atoms with Crippen LogP contribution in [-0.4, -0.2) is 34.8 Å². The molecule has 2 rings (SSSR count). The highest BCUT2D eigenvalue weighted by molar-refractivity contribution is 6.10. The number of benzene rings is 1. The van der Waals surface area contributed by atoms with Crippen molar-refractivity contribution in [2.45, 2.75) is 59.9 Å². The third-order valence-electron chi connectivity index (χ3n) is 4.63. The summed E-state index contributed by atoms with van der Waals surface area (Å²) in [6.45, 7) is 10.6. The van der Waals surface area contributed by atoms with Gasteiger partial charge in [0.25, 0.3) is 5.91 Å². The fourth-order valence-electron chi connectivity index (χ4n) is 3.19. The van der Waals surface area contributed by atoms with Crippen LogP contribution in [0.25, 0.3) is 0 Å². The molecule has 1 heterocycles. The van der Waals surface area contributed by atoms with Gasteiger partial charge in [-0.1, -0.05) is 53.2 Å². The molecule has 5 heteroatoms. The fourth-order valence-corrected chi connectivity index (χ4v) is 3.19. The second-order valence-electron chi connectivity index (χ2n) is 8.02. The first-order valence-electron chi connectivity index (χ1n) is 9.74. The molecule has 1 amide bonds. The van der Waals surface area contributed by atoms with E-state index in [0.717, 1.165) is 24.8 Å². The van der Waals surface area contributed by atoms with E-state index in [1.807, 2.05) is 38.1 Å². The molecule has 0 bridgehead atoms. The number of ketones is 1. The third kappa shape index (κ3) is 4.52. The zero-order valence-corrected chi connectivity index (χ0v) is 17.0. The number of aliphatic hydroxyl groups is 1. The highest BCUT2D eigenvalue weighted by atomic mass is 16.5. The van der Waals surface area contributed by atoms with Crippen LogP contribution in [0.15, 0.2) is 35.6 Å². The van der Waals surface area contributed by atoms with Crippen molar-refractivity contribution in [3.05, 3.63) is 41.2 Å². The van der Waals surface area contributed by atoms with Crippen LogP contribution < -0.4 is 4.74 Å². The van der Waals surface area contributed by atoms with Crippen molar-refractivity contribution in [3.8, 4) is 5.75 Å². The highest BCUT2D eigenvalue weighted by Gasteiger charge is 2.45. The number of nitrogens with zero attached hydrogens (tertiary/aromatic N) is 1. The summed E-state index contributed by atoms with van der Waals surface area (Å²) in [5.41, 5.74) is 0.278. The Balaban J connectivity index is 2.51.